The van der Waals surface area contributed by atoms with Crippen LogP contribution >= 0.6 is 15.9 Å². The minimum atomic E-state index is -1.22. The lowest BCUT2D eigenvalue weighted by Gasteiger charge is -2.30. The van der Waals surface area contributed by atoms with Gasteiger partial charge >= 0.3 is 5.97 Å². The number of esters is 1. The van der Waals surface area contributed by atoms with Crippen molar-refractivity contribution in [2.45, 2.75) is 24.9 Å². The average Bonchev–Trinajstić information content (AvgIpc) is 2.46. The molecule has 1 aromatic rings. The molecule has 0 bridgehead atoms. The Hall–Kier alpha value is -0.910. The third-order valence-electron chi connectivity index (χ3n) is 3.92. The molecule has 2 rings (SSSR count). The summed E-state index contributed by atoms with van der Waals surface area (Å²) in [6, 6.07) is 5.62. The molecule has 0 amide bonds. The number of halogens is 1. The fourth-order valence-electron chi connectivity index (χ4n) is 2.61. The van der Waals surface area contributed by atoms with Crippen LogP contribution in [-0.2, 0) is 9.53 Å². The Bertz CT molecular complexity index is 484. The number of methoxy groups -OCH3 is 1. The zero-order valence-electron chi connectivity index (χ0n) is 11.8. The van der Waals surface area contributed by atoms with Crippen molar-refractivity contribution in [2.24, 2.45) is 0 Å². The van der Waals surface area contributed by atoms with Gasteiger partial charge in [0.25, 0.3) is 0 Å². The Kier molecular flexibility index (Phi) is 5.18. The first-order valence-electron chi connectivity index (χ1n) is 6.76. The zero-order valence-corrected chi connectivity index (χ0v) is 13.4. The Morgan fingerprint density at radius 3 is 2.65 bits per heavy atom. The second kappa shape index (κ2) is 6.70. The molecule has 1 fully saturated rings. The summed E-state index contributed by atoms with van der Waals surface area (Å²) in [5.41, 5.74) is 1.80. The van der Waals surface area contributed by atoms with E-state index in [0.29, 0.717) is 11.5 Å². The summed E-state index contributed by atoms with van der Waals surface area (Å²) in [5, 5.41) is 9.85. The van der Waals surface area contributed by atoms with Crippen LogP contribution in [0.25, 0.3) is 0 Å². The second-order valence-electron chi connectivity index (χ2n) is 5.28. The molecule has 1 N–H and O–H groups in total. The van der Waals surface area contributed by atoms with Crippen LogP contribution in [0.4, 0.5) is 0 Å². The van der Waals surface area contributed by atoms with Gasteiger partial charge in [-0.05, 0) is 56.1 Å². The summed E-state index contributed by atoms with van der Waals surface area (Å²) < 4.78 is 5.51. The molecule has 1 aliphatic heterocycles. The quantitative estimate of drug-likeness (QED) is 0.858. The minimum Gasteiger partial charge on any atom is -0.467 e. The highest BCUT2D eigenvalue weighted by Gasteiger charge is 2.23. The molecule has 1 aliphatic rings. The van der Waals surface area contributed by atoms with Gasteiger partial charge in [-0.1, -0.05) is 28.1 Å². The molecule has 1 unspecified atom stereocenters. The lowest BCUT2D eigenvalue weighted by Crippen LogP contribution is -2.29. The number of aliphatic hydroxyl groups is 1. The maximum absolute atomic E-state index is 11.4. The fraction of sp³-hybridized carbons (Fsp3) is 0.533. The van der Waals surface area contributed by atoms with E-state index in [4.69, 9.17) is 0 Å². The van der Waals surface area contributed by atoms with Crippen LogP contribution in [0.1, 0.15) is 36.0 Å². The molecular formula is C15H20BrNO3. The van der Waals surface area contributed by atoms with Crippen LogP contribution in [0.3, 0.4) is 0 Å². The normalized spacial score (nSPS) is 18.8. The van der Waals surface area contributed by atoms with Crippen molar-refractivity contribution in [3.63, 3.8) is 0 Å². The highest BCUT2D eigenvalue weighted by Crippen LogP contribution is 2.34. The van der Waals surface area contributed by atoms with Gasteiger partial charge in [-0.3, -0.25) is 0 Å². The Morgan fingerprint density at radius 1 is 1.45 bits per heavy atom. The van der Waals surface area contributed by atoms with Gasteiger partial charge in [-0.25, -0.2) is 4.79 Å². The summed E-state index contributed by atoms with van der Waals surface area (Å²) >= 11 is 3.56. The number of likely N-dealkylation sites (tertiary alicyclic amines) is 1. The zero-order chi connectivity index (χ0) is 14.7. The van der Waals surface area contributed by atoms with Gasteiger partial charge < -0.3 is 14.7 Å². The summed E-state index contributed by atoms with van der Waals surface area (Å²) in [6.45, 7) is 2.20. The van der Waals surface area contributed by atoms with Crippen molar-refractivity contribution < 1.29 is 14.6 Å². The smallest absolute Gasteiger partial charge is 0.339 e. The fourth-order valence-corrected chi connectivity index (χ4v) is 3.33. The van der Waals surface area contributed by atoms with E-state index < -0.39 is 12.1 Å². The van der Waals surface area contributed by atoms with Gasteiger partial charge in [-0.15, -0.1) is 0 Å². The van der Waals surface area contributed by atoms with Crippen LogP contribution in [0, 0.1) is 0 Å². The van der Waals surface area contributed by atoms with Crippen molar-refractivity contribution in [1.29, 1.82) is 0 Å². The molecule has 4 nitrogen and oxygen atoms in total. The Labute approximate surface area is 127 Å². The van der Waals surface area contributed by atoms with Gasteiger partial charge in [0.1, 0.15) is 0 Å². The van der Waals surface area contributed by atoms with E-state index in [2.05, 4.69) is 32.6 Å². The Balaban J connectivity index is 2.15. The molecule has 0 radical (unpaired) electrons. The summed E-state index contributed by atoms with van der Waals surface area (Å²) in [6.07, 6.45) is 1.05. The first-order valence-corrected chi connectivity index (χ1v) is 7.56. The first-order chi connectivity index (χ1) is 9.52. The van der Waals surface area contributed by atoms with Gasteiger partial charge in [0.05, 0.1) is 7.11 Å². The maximum Gasteiger partial charge on any atom is 0.339 e. The third-order valence-corrected chi connectivity index (χ3v) is 4.61. The predicted molar refractivity (Wildman–Crippen MR) is 80.6 cm³/mol. The van der Waals surface area contributed by atoms with Crippen LogP contribution < -0.4 is 0 Å². The number of hydrogen-bond donors (Lipinski definition) is 1. The van der Waals surface area contributed by atoms with Crippen LogP contribution in [-0.4, -0.2) is 43.2 Å². The molecule has 0 spiro atoms. The molecule has 0 aliphatic carbocycles. The summed E-state index contributed by atoms with van der Waals surface area (Å²) in [5.74, 6) is -0.103. The molecule has 1 saturated heterocycles. The number of hydrogen-bond acceptors (Lipinski definition) is 4. The number of piperidine rings is 1. The van der Waals surface area contributed by atoms with Crippen LogP contribution in [0.15, 0.2) is 22.7 Å². The second-order valence-corrected chi connectivity index (χ2v) is 6.14. The number of aliphatic hydroxyl groups excluding tert-OH is 1. The molecule has 0 saturated carbocycles. The van der Waals surface area contributed by atoms with E-state index in [1.54, 1.807) is 6.07 Å². The largest absolute Gasteiger partial charge is 0.467 e. The maximum atomic E-state index is 11.4. The van der Waals surface area contributed by atoms with E-state index in [1.807, 2.05) is 12.1 Å². The number of nitrogens with zero attached hydrogens (tertiary/aromatic N) is 1. The average molecular weight is 342 g/mol. The van der Waals surface area contributed by atoms with E-state index in [-0.39, 0.29) is 0 Å². The van der Waals surface area contributed by atoms with E-state index in [1.165, 1.54) is 12.7 Å². The molecule has 0 aromatic heterocycles. The van der Waals surface area contributed by atoms with E-state index >= 15 is 0 Å². The topological polar surface area (TPSA) is 49.8 Å². The predicted octanol–water partition coefficient (Wildman–Crippen LogP) is 2.46. The lowest BCUT2D eigenvalue weighted by molar-refractivity contribution is -0.150. The van der Waals surface area contributed by atoms with Crippen LogP contribution in [0.5, 0.6) is 0 Å². The summed E-state index contributed by atoms with van der Waals surface area (Å²) in [7, 11) is 3.41. The number of carbonyl (C=O) groups excluding carboxylic acids is 1. The van der Waals surface area contributed by atoms with Gasteiger partial charge in [0.15, 0.2) is 6.10 Å². The van der Waals surface area contributed by atoms with E-state index in [9.17, 15) is 9.90 Å². The van der Waals surface area contributed by atoms with Crippen molar-refractivity contribution >= 4 is 21.9 Å². The number of benzene rings is 1. The van der Waals surface area contributed by atoms with Gasteiger partial charge in [0, 0.05) is 4.47 Å². The van der Waals surface area contributed by atoms with Crippen molar-refractivity contribution in [2.75, 3.05) is 27.2 Å². The monoisotopic (exact) mass is 341 g/mol. The Morgan fingerprint density at radius 2 is 2.10 bits per heavy atom. The SMILES string of the molecule is COC(=O)C(O)c1ccc(C2CCN(C)CC2)c(Br)c1. The number of rotatable bonds is 3. The first kappa shape index (κ1) is 15.5. The molecule has 1 aromatic carbocycles. The van der Waals surface area contributed by atoms with Crippen molar-refractivity contribution in [1.82, 2.24) is 4.90 Å². The molecule has 20 heavy (non-hydrogen) atoms. The van der Waals surface area contributed by atoms with Crippen molar-refractivity contribution in [3.8, 4) is 0 Å². The highest BCUT2D eigenvalue weighted by molar-refractivity contribution is 9.10. The molecular weight excluding hydrogens is 322 g/mol. The molecule has 5 heteroatoms. The van der Waals surface area contributed by atoms with E-state index in [0.717, 1.165) is 30.4 Å². The van der Waals surface area contributed by atoms with Crippen molar-refractivity contribution in [3.05, 3.63) is 33.8 Å². The molecule has 1 atom stereocenters. The van der Waals surface area contributed by atoms with Crippen LogP contribution in [0.2, 0.25) is 0 Å². The molecule has 1 heterocycles. The van der Waals surface area contributed by atoms with Gasteiger partial charge in [-0.2, -0.15) is 0 Å². The highest BCUT2D eigenvalue weighted by atomic mass is 79.9. The standard InChI is InChI=1S/C15H20BrNO3/c1-17-7-5-10(6-8-17)12-4-3-11(9-13(12)16)14(18)15(19)20-2/h3-4,9-10,14,18H,5-8H2,1-2H3. The number of carbonyl (C=O) groups is 1. The number of ether oxygens (including phenoxy) is 1. The summed E-state index contributed by atoms with van der Waals surface area (Å²) in [4.78, 5) is 13.7. The van der Waals surface area contributed by atoms with Gasteiger partial charge in [0.2, 0.25) is 0 Å². The molecule has 110 valence electrons. The minimum absolute atomic E-state index is 0.532. The third kappa shape index (κ3) is 3.40. The lowest BCUT2D eigenvalue weighted by atomic mass is 9.89.